The molecule has 2 atom stereocenters. The maximum Gasteiger partial charge on any atom is 0.315 e. The third-order valence-electron chi connectivity index (χ3n) is 4.69. The number of halogens is 1. The summed E-state index contributed by atoms with van der Waals surface area (Å²) in [6, 6.07) is 7.29. The van der Waals surface area contributed by atoms with E-state index < -0.39 is 6.04 Å². The number of aliphatic hydroxyl groups is 1. The molecule has 0 bridgehead atoms. The first kappa shape index (κ1) is 16.6. The van der Waals surface area contributed by atoms with Gasteiger partial charge in [0.25, 0.3) is 0 Å². The fourth-order valence-corrected chi connectivity index (χ4v) is 3.30. The van der Waals surface area contributed by atoms with Crippen LogP contribution >= 0.6 is 11.6 Å². The van der Waals surface area contributed by atoms with Crippen LogP contribution in [0.1, 0.15) is 30.9 Å². The highest BCUT2D eigenvalue weighted by molar-refractivity contribution is 6.30. The van der Waals surface area contributed by atoms with Gasteiger partial charge in [0.05, 0.1) is 12.6 Å². The van der Waals surface area contributed by atoms with E-state index in [1.54, 1.807) is 12.1 Å². The molecule has 0 aromatic heterocycles. The molecular formula is C17H24ClN3O2. The Kier molecular flexibility index (Phi) is 5.41. The Bertz CT molecular complexity index is 533. The van der Waals surface area contributed by atoms with Gasteiger partial charge in [0.2, 0.25) is 0 Å². The fourth-order valence-electron chi connectivity index (χ4n) is 3.18. The molecule has 5 nitrogen and oxygen atoms in total. The highest BCUT2D eigenvalue weighted by atomic mass is 35.5. The smallest absolute Gasteiger partial charge is 0.315 e. The van der Waals surface area contributed by atoms with Crippen LogP contribution in [0.5, 0.6) is 0 Å². The van der Waals surface area contributed by atoms with E-state index in [-0.39, 0.29) is 12.6 Å². The zero-order valence-electron chi connectivity index (χ0n) is 13.2. The molecule has 1 saturated heterocycles. The Morgan fingerprint density at radius 1 is 1.30 bits per heavy atom. The molecule has 23 heavy (non-hydrogen) atoms. The lowest BCUT2D eigenvalue weighted by atomic mass is 10.1. The number of hydrogen-bond donors (Lipinski definition) is 3. The minimum absolute atomic E-state index is 0.145. The lowest BCUT2D eigenvalue weighted by molar-refractivity contribution is 0.215. The Morgan fingerprint density at radius 3 is 2.70 bits per heavy atom. The summed E-state index contributed by atoms with van der Waals surface area (Å²) < 4.78 is 0. The highest BCUT2D eigenvalue weighted by Crippen LogP contribution is 2.31. The highest BCUT2D eigenvalue weighted by Gasteiger charge is 2.34. The first-order valence-corrected chi connectivity index (χ1v) is 8.68. The van der Waals surface area contributed by atoms with E-state index in [4.69, 9.17) is 11.6 Å². The summed E-state index contributed by atoms with van der Waals surface area (Å²) in [5, 5.41) is 15.9. The van der Waals surface area contributed by atoms with Crippen molar-refractivity contribution in [1.82, 2.24) is 15.5 Å². The van der Waals surface area contributed by atoms with E-state index in [1.807, 2.05) is 12.1 Å². The van der Waals surface area contributed by atoms with Gasteiger partial charge in [0.15, 0.2) is 0 Å². The van der Waals surface area contributed by atoms with Gasteiger partial charge in [-0.25, -0.2) is 4.79 Å². The van der Waals surface area contributed by atoms with Gasteiger partial charge >= 0.3 is 6.03 Å². The SMILES string of the molecule is O=C(NCC1CCN(C2CC2)C1)NC(CO)c1ccc(Cl)cc1. The molecule has 2 aliphatic rings. The number of rotatable bonds is 6. The standard InChI is InChI=1S/C17H24ClN3O2/c18-14-3-1-13(2-4-14)16(11-22)20-17(23)19-9-12-7-8-21(10-12)15-5-6-15/h1-4,12,15-16,22H,5-11H2,(H2,19,20,23). The van der Waals surface area contributed by atoms with E-state index in [0.717, 1.165) is 31.1 Å². The summed E-state index contributed by atoms with van der Waals surface area (Å²) >= 11 is 5.86. The van der Waals surface area contributed by atoms with Crippen molar-refractivity contribution in [3.63, 3.8) is 0 Å². The second-order valence-electron chi connectivity index (χ2n) is 6.52. The third kappa shape index (κ3) is 4.59. The van der Waals surface area contributed by atoms with Gasteiger partial charge in [-0.2, -0.15) is 0 Å². The first-order valence-electron chi connectivity index (χ1n) is 8.30. The lowest BCUT2D eigenvalue weighted by Gasteiger charge is -2.19. The van der Waals surface area contributed by atoms with Crippen molar-refractivity contribution in [2.45, 2.75) is 31.3 Å². The van der Waals surface area contributed by atoms with Crippen molar-refractivity contribution >= 4 is 17.6 Å². The quantitative estimate of drug-likeness (QED) is 0.745. The Balaban J connectivity index is 1.43. The van der Waals surface area contributed by atoms with E-state index in [0.29, 0.717) is 17.5 Å². The molecule has 2 fully saturated rings. The number of carbonyl (C=O) groups excluding carboxylic acids is 1. The minimum Gasteiger partial charge on any atom is -0.394 e. The van der Waals surface area contributed by atoms with Crippen molar-refractivity contribution in [2.75, 3.05) is 26.2 Å². The molecule has 2 unspecified atom stereocenters. The second kappa shape index (κ2) is 7.51. The van der Waals surface area contributed by atoms with E-state index in [2.05, 4.69) is 15.5 Å². The topological polar surface area (TPSA) is 64.6 Å². The van der Waals surface area contributed by atoms with Gasteiger partial charge in [0.1, 0.15) is 0 Å². The molecule has 3 N–H and O–H groups in total. The van der Waals surface area contributed by atoms with Crippen LogP contribution in [0.15, 0.2) is 24.3 Å². The molecule has 126 valence electrons. The number of hydrogen-bond acceptors (Lipinski definition) is 3. The average Bonchev–Trinajstić information content (AvgIpc) is 3.30. The number of urea groups is 1. The number of benzene rings is 1. The van der Waals surface area contributed by atoms with Crippen molar-refractivity contribution in [3.8, 4) is 0 Å². The monoisotopic (exact) mass is 337 g/mol. The molecule has 6 heteroatoms. The summed E-state index contributed by atoms with van der Waals surface area (Å²) in [4.78, 5) is 14.6. The van der Waals surface area contributed by atoms with Crippen LogP contribution in [0.3, 0.4) is 0 Å². The number of carbonyl (C=O) groups is 1. The number of nitrogens with one attached hydrogen (secondary N) is 2. The molecule has 1 aromatic carbocycles. The molecule has 1 aromatic rings. The Hall–Kier alpha value is -1.30. The van der Waals surface area contributed by atoms with E-state index in [1.165, 1.54) is 12.8 Å². The van der Waals surface area contributed by atoms with Gasteiger partial charge in [0, 0.05) is 24.2 Å². The predicted octanol–water partition coefficient (Wildman–Crippen LogP) is 2.16. The molecule has 0 spiro atoms. The van der Waals surface area contributed by atoms with Crippen molar-refractivity contribution in [2.24, 2.45) is 5.92 Å². The largest absolute Gasteiger partial charge is 0.394 e. The molecule has 1 heterocycles. The second-order valence-corrected chi connectivity index (χ2v) is 6.96. The molecule has 0 radical (unpaired) electrons. The van der Waals surface area contributed by atoms with E-state index in [9.17, 15) is 9.90 Å². The molecule has 1 aliphatic heterocycles. The summed E-state index contributed by atoms with van der Waals surface area (Å²) in [7, 11) is 0. The summed E-state index contributed by atoms with van der Waals surface area (Å²) in [5.41, 5.74) is 0.841. The zero-order valence-corrected chi connectivity index (χ0v) is 13.9. The van der Waals surface area contributed by atoms with Crippen LogP contribution in [0.4, 0.5) is 4.79 Å². The normalized spacial score (nSPS) is 22.8. The molecule has 3 rings (SSSR count). The molecular weight excluding hydrogens is 314 g/mol. The van der Waals surface area contributed by atoms with Gasteiger partial charge in [-0.1, -0.05) is 23.7 Å². The fraction of sp³-hybridized carbons (Fsp3) is 0.588. The maximum absolute atomic E-state index is 12.1. The van der Waals surface area contributed by atoms with Crippen molar-refractivity contribution in [3.05, 3.63) is 34.9 Å². The van der Waals surface area contributed by atoms with Crippen LogP contribution in [0, 0.1) is 5.92 Å². The number of nitrogens with zero attached hydrogens (tertiary/aromatic N) is 1. The Morgan fingerprint density at radius 2 is 2.04 bits per heavy atom. The van der Waals surface area contributed by atoms with E-state index >= 15 is 0 Å². The lowest BCUT2D eigenvalue weighted by Crippen LogP contribution is -2.41. The third-order valence-corrected chi connectivity index (χ3v) is 4.94. The molecule has 1 saturated carbocycles. The van der Waals surface area contributed by atoms with Crippen LogP contribution < -0.4 is 10.6 Å². The van der Waals surface area contributed by atoms with Gasteiger partial charge in [-0.3, -0.25) is 0 Å². The number of aliphatic hydroxyl groups excluding tert-OH is 1. The van der Waals surface area contributed by atoms with Crippen molar-refractivity contribution < 1.29 is 9.90 Å². The summed E-state index contributed by atoms with van der Waals surface area (Å²) in [6.07, 6.45) is 3.82. The Labute approximate surface area is 142 Å². The maximum atomic E-state index is 12.1. The summed E-state index contributed by atoms with van der Waals surface area (Å²) in [5.74, 6) is 0.532. The molecule has 2 amide bonds. The number of likely N-dealkylation sites (tertiary alicyclic amines) is 1. The summed E-state index contributed by atoms with van der Waals surface area (Å²) in [6.45, 7) is 2.79. The predicted molar refractivity (Wildman–Crippen MR) is 90.5 cm³/mol. The van der Waals surface area contributed by atoms with Gasteiger partial charge in [-0.05, 0) is 49.4 Å². The van der Waals surface area contributed by atoms with Crippen LogP contribution in [0.2, 0.25) is 5.02 Å². The average molecular weight is 338 g/mol. The molecule has 1 aliphatic carbocycles. The van der Waals surface area contributed by atoms with Crippen LogP contribution in [-0.4, -0.2) is 48.3 Å². The minimum atomic E-state index is -0.418. The van der Waals surface area contributed by atoms with Crippen LogP contribution in [-0.2, 0) is 0 Å². The van der Waals surface area contributed by atoms with Gasteiger partial charge < -0.3 is 20.6 Å². The number of amides is 2. The van der Waals surface area contributed by atoms with Crippen molar-refractivity contribution in [1.29, 1.82) is 0 Å². The van der Waals surface area contributed by atoms with Crippen LogP contribution in [0.25, 0.3) is 0 Å². The first-order chi connectivity index (χ1) is 11.2. The zero-order chi connectivity index (χ0) is 16.2. The van der Waals surface area contributed by atoms with Gasteiger partial charge in [-0.15, -0.1) is 0 Å².